The summed E-state index contributed by atoms with van der Waals surface area (Å²) < 4.78 is 18.9. The third-order valence-electron chi connectivity index (χ3n) is 2.41. The normalized spacial score (nSPS) is 10.5. The summed E-state index contributed by atoms with van der Waals surface area (Å²) in [4.78, 5) is 14.7. The van der Waals surface area contributed by atoms with Gasteiger partial charge in [0.15, 0.2) is 5.75 Å². The molecule has 0 aliphatic heterocycles. The van der Waals surface area contributed by atoms with E-state index in [0.29, 0.717) is 22.1 Å². The van der Waals surface area contributed by atoms with Crippen LogP contribution in [0.2, 0.25) is 0 Å². The Hall–Kier alpha value is -1.95. The number of hydrogen-bond acceptors (Lipinski definition) is 4. The second-order valence-corrected chi connectivity index (χ2v) is 5.27. The highest BCUT2D eigenvalue weighted by atomic mass is 32.2. The lowest BCUT2D eigenvalue weighted by Crippen LogP contribution is -2.03. The second-order valence-electron chi connectivity index (χ2n) is 4.12. The molecule has 0 atom stereocenters. The number of ether oxygens (including phenoxy) is 1. The summed E-state index contributed by atoms with van der Waals surface area (Å²) in [5.41, 5.74) is -0.555. The fourth-order valence-corrected chi connectivity index (χ4v) is 2.45. The van der Waals surface area contributed by atoms with Crippen LogP contribution in [0.1, 0.15) is 13.3 Å². The smallest absolute Gasteiger partial charge is 0.290 e. The average Bonchev–Trinajstić information content (AvgIpc) is 2.40. The van der Waals surface area contributed by atoms with E-state index in [9.17, 15) is 14.3 Å². The summed E-state index contributed by atoms with van der Waals surface area (Å²) >= 11 is 1.22. The Balaban J connectivity index is 2.21. The van der Waals surface area contributed by atoms with Crippen molar-refractivity contribution in [3.05, 3.63) is 46.6 Å². The zero-order chi connectivity index (χ0) is 14.5. The molecular formula is C14H14FNO3S. The molecule has 0 fully saturated rings. The van der Waals surface area contributed by atoms with Crippen LogP contribution in [-0.2, 0) is 0 Å². The Kier molecular flexibility index (Phi) is 4.68. The van der Waals surface area contributed by atoms with Crippen LogP contribution in [0.5, 0.6) is 11.5 Å². The van der Waals surface area contributed by atoms with Gasteiger partial charge in [-0.05, 0) is 18.6 Å². The molecule has 0 spiro atoms. The van der Waals surface area contributed by atoms with Crippen LogP contribution < -0.4 is 10.3 Å². The van der Waals surface area contributed by atoms with Gasteiger partial charge >= 0.3 is 0 Å². The monoisotopic (exact) mass is 295 g/mol. The van der Waals surface area contributed by atoms with E-state index in [1.165, 1.54) is 36.2 Å². The molecule has 0 aliphatic rings. The molecule has 0 aliphatic carbocycles. The number of aromatic nitrogens is 1. The number of pyridine rings is 1. The van der Waals surface area contributed by atoms with Gasteiger partial charge in [-0.25, -0.2) is 4.39 Å². The number of halogens is 1. The second kappa shape index (κ2) is 6.47. The topological polar surface area (TPSA) is 62.3 Å². The van der Waals surface area contributed by atoms with Gasteiger partial charge in [-0.1, -0.05) is 18.7 Å². The Bertz CT molecular complexity index is 657. The third-order valence-corrected chi connectivity index (χ3v) is 3.35. The van der Waals surface area contributed by atoms with Crippen LogP contribution >= 0.6 is 11.8 Å². The summed E-state index contributed by atoms with van der Waals surface area (Å²) in [5.74, 6) is -0.299. The van der Waals surface area contributed by atoms with Crippen LogP contribution in [0, 0.1) is 5.82 Å². The van der Waals surface area contributed by atoms with Crippen LogP contribution in [0.3, 0.4) is 0 Å². The molecule has 2 aromatic rings. The maximum Gasteiger partial charge on any atom is 0.290 e. The Morgan fingerprint density at radius 1 is 1.30 bits per heavy atom. The minimum absolute atomic E-state index is 0.367. The zero-order valence-corrected chi connectivity index (χ0v) is 11.7. The number of nitrogens with one attached hydrogen (secondary N) is 1. The third kappa shape index (κ3) is 3.77. The molecule has 0 amide bonds. The van der Waals surface area contributed by atoms with Gasteiger partial charge in [0.2, 0.25) is 0 Å². The minimum Gasteiger partial charge on any atom is -0.503 e. The fraction of sp³-hybridized carbons (Fsp3) is 0.214. The first-order chi connectivity index (χ1) is 9.58. The van der Waals surface area contributed by atoms with Crippen LogP contribution in [-0.4, -0.2) is 16.7 Å². The highest BCUT2D eigenvalue weighted by Gasteiger charge is 2.06. The van der Waals surface area contributed by atoms with Gasteiger partial charge in [-0.15, -0.1) is 0 Å². The van der Waals surface area contributed by atoms with Gasteiger partial charge in [0, 0.05) is 28.1 Å². The lowest BCUT2D eigenvalue weighted by atomic mass is 10.3. The van der Waals surface area contributed by atoms with Gasteiger partial charge in [-0.3, -0.25) is 4.79 Å². The van der Waals surface area contributed by atoms with E-state index in [4.69, 9.17) is 4.74 Å². The van der Waals surface area contributed by atoms with Crippen molar-refractivity contribution in [3.63, 3.8) is 0 Å². The molecule has 4 nitrogen and oxygen atoms in total. The predicted molar refractivity (Wildman–Crippen MR) is 75.0 cm³/mol. The van der Waals surface area contributed by atoms with Crippen molar-refractivity contribution < 1.29 is 14.2 Å². The van der Waals surface area contributed by atoms with E-state index in [1.807, 2.05) is 6.92 Å². The Labute approximate surface area is 119 Å². The molecule has 0 unspecified atom stereocenters. The average molecular weight is 295 g/mol. The largest absolute Gasteiger partial charge is 0.503 e. The van der Waals surface area contributed by atoms with Crippen LogP contribution in [0.4, 0.5) is 4.39 Å². The Morgan fingerprint density at radius 2 is 2.10 bits per heavy atom. The predicted octanol–water partition coefficient (Wildman–Crippen LogP) is 3.16. The zero-order valence-electron chi connectivity index (χ0n) is 10.9. The molecule has 2 rings (SSSR count). The molecule has 0 saturated carbocycles. The van der Waals surface area contributed by atoms with E-state index < -0.39 is 11.4 Å². The van der Waals surface area contributed by atoms with Crippen molar-refractivity contribution in [2.75, 3.05) is 6.61 Å². The molecule has 2 N–H and O–H groups in total. The van der Waals surface area contributed by atoms with Crippen molar-refractivity contribution >= 4 is 11.8 Å². The van der Waals surface area contributed by atoms with Gasteiger partial charge in [0.1, 0.15) is 11.6 Å². The van der Waals surface area contributed by atoms with E-state index >= 15 is 0 Å². The van der Waals surface area contributed by atoms with Crippen molar-refractivity contribution in [2.24, 2.45) is 0 Å². The summed E-state index contributed by atoms with van der Waals surface area (Å²) in [6.45, 7) is 2.49. The maximum absolute atomic E-state index is 13.5. The molecule has 1 aromatic carbocycles. The van der Waals surface area contributed by atoms with Crippen molar-refractivity contribution in [3.8, 4) is 11.5 Å². The summed E-state index contributed by atoms with van der Waals surface area (Å²) in [7, 11) is 0. The van der Waals surface area contributed by atoms with Crippen molar-refractivity contribution in [2.45, 2.75) is 23.1 Å². The number of H-pyrrole nitrogens is 1. The van der Waals surface area contributed by atoms with E-state index in [1.54, 1.807) is 6.07 Å². The molecular weight excluding hydrogens is 281 g/mol. The maximum atomic E-state index is 13.5. The van der Waals surface area contributed by atoms with E-state index in [-0.39, 0.29) is 5.75 Å². The lowest BCUT2D eigenvalue weighted by molar-refractivity contribution is 0.315. The standard InChI is InChI=1S/C14H14FNO3S/c1-2-3-19-10-4-9(15)5-11(6-10)20-12-7-13(17)14(18)16-8-12/h4-8,17H,2-3H2,1H3,(H,16,18). The quantitative estimate of drug-likeness (QED) is 0.889. The first-order valence-electron chi connectivity index (χ1n) is 6.11. The van der Waals surface area contributed by atoms with E-state index in [2.05, 4.69) is 4.98 Å². The van der Waals surface area contributed by atoms with Gasteiger partial charge in [0.05, 0.1) is 6.61 Å². The molecule has 1 heterocycles. The SMILES string of the molecule is CCCOc1cc(F)cc(Sc2c[nH]c(=O)c(O)c2)c1. The molecule has 0 radical (unpaired) electrons. The minimum atomic E-state index is -0.555. The number of aromatic amines is 1. The molecule has 0 bridgehead atoms. The number of hydrogen-bond donors (Lipinski definition) is 2. The lowest BCUT2D eigenvalue weighted by Gasteiger charge is -2.07. The van der Waals surface area contributed by atoms with Crippen LogP contribution in [0.25, 0.3) is 0 Å². The van der Waals surface area contributed by atoms with Crippen LogP contribution in [0.15, 0.2) is 45.0 Å². The molecule has 1 aromatic heterocycles. The van der Waals surface area contributed by atoms with Crippen molar-refractivity contribution in [1.82, 2.24) is 4.98 Å². The molecule has 106 valence electrons. The first-order valence-corrected chi connectivity index (χ1v) is 6.93. The molecule has 20 heavy (non-hydrogen) atoms. The number of rotatable bonds is 5. The molecule has 0 saturated heterocycles. The van der Waals surface area contributed by atoms with Gasteiger partial charge in [-0.2, -0.15) is 0 Å². The fourth-order valence-electron chi connectivity index (χ4n) is 1.55. The van der Waals surface area contributed by atoms with E-state index in [0.717, 1.165) is 6.42 Å². The van der Waals surface area contributed by atoms with Gasteiger partial charge < -0.3 is 14.8 Å². The first kappa shape index (κ1) is 14.5. The molecule has 6 heteroatoms. The highest BCUT2D eigenvalue weighted by molar-refractivity contribution is 7.99. The van der Waals surface area contributed by atoms with Gasteiger partial charge in [0.25, 0.3) is 5.56 Å². The summed E-state index contributed by atoms with van der Waals surface area (Å²) in [6.07, 6.45) is 2.30. The van der Waals surface area contributed by atoms with Crippen molar-refractivity contribution in [1.29, 1.82) is 0 Å². The Morgan fingerprint density at radius 3 is 2.80 bits per heavy atom. The highest BCUT2D eigenvalue weighted by Crippen LogP contribution is 2.31. The number of benzene rings is 1. The summed E-state index contributed by atoms with van der Waals surface area (Å²) in [5, 5.41) is 9.35. The summed E-state index contributed by atoms with van der Waals surface area (Å²) in [6, 6.07) is 5.74. The number of aromatic hydroxyl groups is 1.